The highest BCUT2D eigenvalue weighted by atomic mass is 32.2. The van der Waals surface area contributed by atoms with Crippen molar-refractivity contribution in [2.24, 2.45) is 4.99 Å². The summed E-state index contributed by atoms with van der Waals surface area (Å²) in [7, 11) is 3.14. The predicted molar refractivity (Wildman–Crippen MR) is 119 cm³/mol. The minimum atomic E-state index is -0.204. The predicted octanol–water partition coefficient (Wildman–Crippen LogP) is 4.81. The number of aliphatic imine (C=N–C) groups is 1. The second-order valence-corrected chi connectivity index (χ2v) is 7.28. The molecule has 1 saturated heterocycles. The van der Waals surface area contributed by atoms with Crippen LogP contribution < -0.4 is 19.5 Å². The lowest BCUT2D eigenvalue weighted by atomic mass is 10.2. The van der Waals surface area contributed by atoms with E-state index in [1.807, 2.05) is 24.3 Å². The monoisotopic (exact) mass is 434 g/mol. The average Bonchev–Trinajstić information content (AvgIpc) is 3.12. The number of rotatable bonds is 6. The zero-order chi connectivity index (χ0) is 21.6. The first-order chi connectivity index (χ1) is 15.1. The zero-order valence-electron chi connectivity index (χ0n) is 16.7. The van der Waals surface area contributed by atoms with Gasteiger partial charge in [-0.05, 0) is 41.6 Å². The van der Waals surface area contributed by atoms with Crippen LogP contribution in [0.1, 0.15) is 5.56 Å². The number of carbonyl (C=O) groups is 1. The van der Waals surface area contributed by atoms with E-state index in [-0.39, 0.29) is 11.2 Å². The van der Waals surface area contributed by atoms with E-state index in [2.05, 4.69) is 20.3 Å². The summed E-state index contributed by atoms with van der Waals surface area (Å²) in [5, 5.41) is 2.57. The highest BCUT2D eigenvalue weighted by Crippen LogP contribution is 2.32. The Morgan fingerprint density at radius 1 is 0.968 bits per heavy atom. The quantitative estimate of drug-likeness (QED) is 0.595. The molecule has 1 aromatic heterocycles. The van der Waals surface area contributed by atoms with E-state index in [1.54, 1.807) is 56.9 Å². The highest BCUT2D eigenvalue weighted by Gasteiger charge is 2.23. The van der Waals surface area contributed by atoms with E-state index in [9.17, 15) is 4.79 Å². The molecule has 1 aliphatic rings. The Bertz CT molecular complexity index is 1140. The van der Waals surface area contributed by atoms with Crippen molar-refractivity contribution in [1.29, 1.82) is 0 Å². The van der Waals surface area contributed by atoms with Crippen LogP contribution in [0, 0.1) is 0 Å². The van der Waals surface area contributed by atoms with E-state index < -0.39 is 0 Å². The second-order valence-electron chi connectivity index (χ2n) is 6.26. The maximum absolute atomic E-state index is 12.0. The Kier molecular flexibility index (Phi) is 6.13. The molecule has 0 aliphatic carbocycles. The lowest BCUT2D eigenvalue weighted by Gasteiger charge is -2.07. The molecule has 1 amide bonds. The van der Waals surface area contributed by atoms with Gasteiger partial charge in [-0.25, -0.2) is 15.0 Å². The summed E-state index contributed by atoms with van der Waals surface area (Å²) in [5.41, 5.74) is 1.43. The fourth-order valence-corrected chi connectivity index (χ4v) is 3.50. The summed E-state index contributed by atoms with van der Waals surface area (Å²) in [5.74, 6) is 2.24. The number of amidine groups is 1. The molecule has 2 aromatic carbocycles. The third-order valence-corrected chi connectivity index (χ3v) is 4.96. The molecule has 2 heterocycles. The number of aromatic nitrogens is 2. The first-order valence-corrected chi connectivity index (χ1v) is 10.0. The molecule has 0 bridgehead atoms. The Balaban J connectivity index is 1.63. The molecule has 1 fully saturated rings. The number of thioether (sulfide) groups is 1. The van der Waals surface area contributed by atoms with Gasteiger partial charge in [0, 0.05) is 30.6 Å². The topological polar surface area (TPSA) is 94.9 Å². The van der Waals surface area contributed by atoms with Gasteiger partial charge in [-0.3, -0.25) is 4.79 Å². The van der Waals surface area contributed by atoms with Gasteiger partial charge in [0.25, 0.3) is 5.24 Å². The van der Waals surface area contributed by atoms with Gasteiger partial charge < -0.3 is 19.5 Å². The second kappa shape index (κ2) is 9.31. The number of carbonyl (C=O) groups excluding carboxylic acids is 1. The van der Waals surface area contributed by atoms with Gasteiger partial charge in [0.1, 0.15) is 23.1 Å². The van der Waals surface area contributed by atoms with Gasteiger partial charge in [-0.1, -0.05) is 12.1 Å². The molecule has 3 aromatic rings. The SMILES string of the molecule is COc1cc(N=C2NC(=O)S/C2=C\c2cccc(Oc3ncccn3)c2)cc(OC)c1. The summed E-state index contributed by atoms with van der Waals surface area (Å²) >= 11 is 1.07. The third kappa shape index (κ3) is 5.20. The minimum absolute atomic E-state index is 0.204. The number of methoxy groups -OCH3 is 2. The van der Waals surface area contributed by atoms with Gasteiger partial charge in [0.2, 0.25) is 0 Å². The summed E-state index contributed by atoms with van der Waals surface area (Å²) in [4.78, 5) is 25.4. The normalized spacial score (nSPS) is 15.7. The first kappa shape index (κ1) is 20.4. The van der Waals surface area contributed by atoms with Crippen molar-refractivity contribution in [2.45, 2.75) is 0 Å². The van der Waals surface area contributed by atoms with Crippen LogP contribution in [0.15, 0.2) is 70.8 Å². The molecule has 0 saturated carbocycles. The molecule has 9 heteroatoms. The number of hydrogen-bond acceptors (Lipinski definition) is 8. The van der Waals surface area contributed by atoms with Crippen LogP contribution in [0.2, 0.25) is 0 Å². The zero-order valence-corrected chi connectivity index (χ0v) is 17.6. The highest BCUT2D eigenvalue weighted by molar-refractivity contribution is 8.18. The number of nitrogens with zero attached hydrogens (tertiary/aromatic N) is 3. The maximum Gasteiger partial charge on any atom is 0.321 e. The van der Waals surface area contributed by atoms with Crippen LogP contribution in [0.4, 0.5) is 10.5 Å². The molecular weight excluding hydrogens is 416 g/mol. The molecule has 4 rings (SSSR count). The fraction of sp³-hybridized carbons (Fsp3) is 0.0909. The molecular formula is C22H18N4O4S. The minimum Gasteiger partial charge on any atom is -0.497 e. The summed E-state index contributed by atoms with van der Waals surface area (Å²) < 4.78 is 16.3. The van der Waals surface area contributed by atoms with Crippen LogP contribution >= 0.6 is 11.8 Å². The van der Waals surface area contributed by atoms with E-state index in [1.165, 1.54) is 0 Å². The van der Waals surface area contributed by atoms with E-state index >= 15 is 0 Å². The summed E-state index contributed by atoms with van der Waals surface area (Å²) in [6.45, 7) is 0. The van der Waals surface area contributed by atoms with Gasteiger partial charge >= 0.3 is 6.01 Å². The molecule has 0 radical (unpaired) electrons. The van der Waals surface area contributed by atoms with Gasteiger partial charge in [-0.15, -0.1) is 0 Å². The molecule has 8 nitrogen and oxygen atoms in total. The Morgan fingerprint density at radius 3 is 2.42 bits per heavy atom. The average molecular weight is 434 g/mol. The Labute approximate surface area is 183 Å². The van der Waals surface area contributed by atoms with Crippen molar-refractivity contribution in [2.75, 3.05) is 14.2 Å². The van der Waals surface area contributed by atoms with E-state index in [0.717, 1.165) is 17.3 Å². The molecule has 0 atom stereocenters. The number of ether oxygens (including phenoxy) is 3. The maximum atomic E-state index is 12.0. The summed E-state index contributed by atoms with van der Waals surface area (Å²) in [6.07, 6.45) is 5.07. The van der Waals surface area contributed by atoms with Crippen LogP contribution in [-0.4, -0.2) is 35.3 Å². The lowest BCUT2D eigenvalue weighted by Crippen LogP contribution is -2.18. The number of benzene rings is 2. The van der Waals surface area contributed by atoms with Crippen molar-refractivity contribution in [3.05, 3.63) is 71.4 Å². The number of amides is 1. The van der Waals surface area contributed by atoms with Crippen molar-refractivity contribution < 1.29 is 19.0 Å². The lowest BCUT2D eigenvalue weighted by molar-refractivity contribution is 0.265. The number of nitrogens with one attached hydrogen (secondary N) is 1. The molecule has 31 heavy (non-hydrogen) atoms. The van der Waals surface area contributed by atoms with Crippen LogP contribution in [-0.2, 0) is 0 Å². The number of hydrogen-bond donors (Lipinski definition) is 1. The first-order valence-electron chi connectivity index (χ1n) is 9.20. The van der Waals surface area contributed by atoms with Crippen LogP contribution in [0.25, 0.3) is 6.08 Å². The molecule has 0 unspecified atom stereocenters. The Morgan fingerprint density at radius 2 is 1.71 bits per heavy atom. The van der Waals surface area contributed by atoms with Crippen molar-refractivity contribution in [1.82, 2.24) is 15.3 Å². The third-order valence-electron chi connectivity index (χ3n) is 4.14. The van der Waals surface area contributed by atoms with Gasteiger partial charge in [-0.2, -0.15) is 0 Å². The summed E-state index contributed by atoms with van der Waals surface area (Å²) in [6, 6.07) is 14.6. The van der Waals surface area contributed by atoms with Crippen molar-refractivity contribution in [3.63, 3.8) is 0 Å². The molecule has 156 valence electrons. The van der Waals surface area contributed by atoms with Crippen LogP contribution in [0.5, 0.6) is 23.3 Å². The van der Waals surface area contributed by atoms with Crippen molar-refractivity contribution >= 4 is 34.6 Å². The van der Waals surface area contributed by atoms with Crippen LogP contribution in [0.3, 0.4) is 0 Å². The smallest absolute Gasteiger partial charge is 0.321 e. The van der Waals surface area contributed by atoms with Gasteiger partial charge in [0.15, 0.2) is 0 Å². The van der Waals surface area contributed by atoms with Gasteiger partial charge in [0.05, 0.1) is 24.8 Å². The van der Waals surface area contributed by atoms with E-state index in [4.69, 9.17) is 14.2 Å². The fourth-order valence-electron chi connectivity index (χ4n) is 2.76. The molecule has 1 aliphatic heterocycles. The molecule has 0 spiro atoms. The van der Waals surface area contributed by atoms with E-state index in [0.29, 0.717) is 33.7 Å². The standard InChI is InChI=1S/C22H18N4O4S/c1-28-17-11-15(12-18(13-17)29-2)25-20-19(31-22(27)26-20)10-14-5-3-6-16(9-14)30-21-23-7-4-8-24-21/h3-13H,1-2H3,(H,25,26,27)/b19-10-. The Hall–Kier alpha value is -3.85. The van der Waals surface area contributed by atoms with Crippen molar-refractivity contribution in [3.8, 4) is 23.3 Å². The molecule has 1 N–H and O–H groups in total. The largest absolute Gasteiger partial charge is 0.497 e.